The van der Waals surface area contributed by atoms with Crippen molar-refractivity contribution in [2.24, 2.45) is 7.05 Å². The highest BCUT2D eigenvalue weighted by Crippen LogP contribution is 2.48. The fourth-order valence-corrected chi connectivity index (χ4v) is 6.58. The number of likely N-dealkylation sites (N-methyl/N-ethyl adjacent to an activating group) is 1. The number of benzene rings is 2. The van der Waals surface area contributed by atoms with Crippen LogP contribution in [0.3, 0.4) is 0 Å². The SMILES string of the molecule is CN1CCc2cc(C(=O)c3cc(F)c(NC(=O)/C=C/CNC4(C)COC4)c(F)c3)n3cccc(c23)-c2c(C(F)(F)F)cc3nn(C)cc3c21. The highest BCUT2D eigenvalue weighted by molar-refractivity contribution is 6.11. The van der Waals surface area contributed by atoms with Gasteiger partial charge in [-0.1, -0.05) is 12.1 Å². The van der Waals surface area contributed by atoms with E-state index in [1.165, 1.54) is 27.4 Å². The van der Waals surface area contributed by atoms with Gasteiger partial charge in [-0.05, 0) is 49.2 Å². The largest absolute Gasteiger partial charge is 0.417 e. The van der Waals surface area contributed by atoms with Crippen LogP contribution in [0.2, 0.25) is 0 Å². The first-order valence-corrected chi connectivity index (χ1v) is 15.5. The van der Waals surface area contributed by atoms with E-state index < -0.39 is 40.8 Å². The number of nitrogens with zero attached hydrogens (tertiary/aromatic N) is 4. The van der Waals surface area contributed by atoms with Crippen LogP contribution in [-0.2, 0) is 29.2 Å². The number of aromatic nitrogens is 3. The summed E-state index contributed by atoms with van der Waals surface area (Å²) < 4.78 is 82.6. The first-order valence-electron chi connectivity index (χ1n) is 15.5. The van der Waals surface area contributed by atoms with Gasteiger partial charge in [0.1, 0.15) is 17.3 Å². The molecule has 0 unspecified atom stereocenters. The number of carbonyl (C=O) groups is 2. The highest BCUT2D eigenvalue weighted by atomic mass is 19.4. The maximum absolute atomic E-state index is 15.2. The van der Waals surface area contributed by atoms with Gasteiger partial charge in [-0.15, -0.1) is 0 Å². The number of halogens is 5. The summed E-state index contributed by atoms with van der Waals surface area (Å²) in [5.41, 5.74) is -0.335. The third-order valence-corrected chi connectivity index (χ3v) is 8.98. The standard InChI is InChI=1S/C35H31F5N6O3/c1-34(17-49-18-34)41-9-4-7-28(47)42-30-24(36)12-20(13-25(30)37)33(48)27-14-19-8-11-44(2)32-22-16-45(3)43-26(22)15-23(35(38,39)40)29(32)21-6-5-10-46(27)31(19)21/h4-7,10,12-16,41H,8-9,11,17-18H2,1-3H3,(H,42,47)/b7-4+. The second kappa shape index (κ2) is 11.8. The summed E-state index contributed by atoms with van der Waals surface area (Å²) in [7, 11) is 3.35. The summed E-state index contributed by atoms with van der Waals surface area (Å²) in [6.45, 7) is 3.70. The van der Waals surface area contributed by atoms with Crippen LogP contribution in [0.4, 0.5) is 33.3 Å². The van der Waals surface area contributed by atoms with Crippen molar-refractivity contribution < 1.29 is 36.3 Å². The maximum atomic E-state index is 15.2. The minimum atomic E-state index is -4.73. The van der Waals surface area contributed by atoms with Crippen molar-refractivity contribution in [2.45, 2.75) is 25.1 Å². The lowest BCUT2D eigenvalue weighted by Crippen LogP contribution is -2.58. The van der Waals surface area contributed by atoms with Crippen molar-refractivity contribution in [1.29, 1.82) is 0 Å². The fourth-order valence-electron chi connectivity index (χ4n) is 6.58. The topological polar surface area (TPSA) is 92.9 Å². The zero-order valence-electron chi connectivity index (χ0n) is 26.7. The van der Waals surface area contributed by atoms with Crippen molar-refractivity contribution in [1.82, 2.24) is 19.5 Å². The molecule has 14 heteroatoms. The molecule has 0 spiro atoms. The highest BCUT2D eigenvalue weighted by Gasteiger charge is 2.39. The number of carbonyl (C=O) groups excluding carboxylic acids is 2. The predicted octanol–water partition coefficient (Wildman–Crippen LogP) is 5.89. The van der Waals surface area contributed by atoms with E-state index in [1.807, 2.05) is 6.92 Å². The van der Waals surface area contributed by atoms with E-state index in [0.29, 0.717) is 54.9 Å². The summed E-state index contributed by atoms with van der Waals surface area (Å²) in [6.07, 6.45) is 1.51. The number of ether oxygens (including phenoxy) is 1. The smallest absolute Gasteiger partial charge is 0.377 e. The Bertz CT molecular complexity index is 2170. The number of aryl methyl sites for hydroxylation is 1. The third-order valence-electron chi connectivity index (χ3n) is 8.98. The minimum Gasteiger partial charge on any atom is -0.377 e. The van der Waals surface area contributed by atoms with Gasteiger partial charge >= 0.3 is 6.18 Å². The average Bonchev–Trinajstić information content (AvgIpc) is 3.59. The Morgan fingerprint density at radius 2 is 1.84 bits per heavy atom. The summed E-state index contributed by atoms with van der Waals surface area (Å²) in [4.78, 5) is 28.0. The van der Waals surface area contributed by atoms with Gasteiger partial charge in [0.15, 0.2) is 0 Å². The van der Waals surface area contributed by atoms with E-state index in [9.17, 15) is 22.8 Å². The van der Waals surface area contributed by atoms with E-state index in [2.05, 4.69) is 15.7 Å². The Hall–Kier alpha value is -5.08. The Kier molecular flexibility index (Phi) is 7.82. The number of alkyl halides is 3. The van der Waals surface area contributed by atoms with Crippen LogP contribution < -0.4 is 15.5 Å². The number of anilines is 2. The number of hydrogen-bond donors (Lipinski definition) is 2. The van der Waals surface area contributed by atoms with Crippen LogP contribution in [0.15, 0.2) is 60.9 Å². The normalized spacial score (nSPS) is 15.7. The lowest BCUT2D eigenvalue weighted by atomic mass is 9.91. The van der Waals surface area contributed by atoms with Crippen molar-refractivity contribution in [3.05, 3.63) is 95.0 Å². The van der Waals surface area contributed by atoms with Crippen LogP contribution in [-0.4, -0.2) is 64.8 Å². The Morgan fingerprint density at radius 3 is 2.51 bits per heavy atom. The molecule has 9 nitrogen and oxygen atoms in total. The molecule has 0 saturated carbocycles. The van der Waals surface area contributed by atoms with Crippen LogP contribution >= 0.6 is 0 Å². The van der Waals surface area contributed by atoms with Crippen LogP contribution in [0, 0.1) is 11.6 Å². The Labute approximate surface area is 276 Å². The summed E-state index contributed by atoms with van der Waals surface area (Å²) in [5, 5.41) is 10.2. The summed E-state index contributed by atoms with van der Waals surface area (Å²) in [6, 6.07) is 7.35. The molecule has 0 bridgehead atoms. The molecule has 1 saturated heterocycles. The summed E-state index contributed by atoms with van der Waals surface area (Å²) in [5.74, 6) is -3.83. The van der Waals surface area contributed by atoms with Crippen molar-refractivity contribution in [3.8, 4) is 11.1 Å². The van der Waals surface area contributed by atoms with Gasteiger partial charge in [0.25, 0.3) is 0 Å². The molecular weight excluding hydrogens is 647 g/mol. The van der Waals surface area contributed by atoms with E-state index in [-0.39, 0.29) is 33.4 Å². The molecule has 3 aromatic heterocycles. The molecule has 5 heterocycles. The van der Waals surface area contributed by atoms with Crippen molar-refractivity contribution in [2.75, 3.05) is 43.6 Å². The number of ketones is 1. The van der Waals surface area contributed by atoms with Crippen LogP contribution in [0.5, 0.6) is 0 Å². The molecule has 1 fully saturated rings. The maximum Gasteiger partial charge on any atom is 0.417 e. The lowest BCUT2D eigenvalue weighted by molar-refractivity contribution is -0.137. The molecule has 2 aromatic carbocycles. The van der Waals surface area contributed by atoms with E-state index >= 15 is 8.78 Å². The van der Waals surface area contributed by atoms with Gasteiger partial charge in [0, 0.05) is 67.7 Å². The molecule has 2 aliphatic heterocycles. The number of amides is 1. The molecule has 5 aromatic rings. The number of nitrogens with one attached hydrogen (secondary N) is 2. The van der Waals surface area contributed by atoms with Gasteiger partial charge in [0.2, 0.25) is 11.7 Å². The van der Waals surface area contributed by atoms with Crippen molar-refractivity contribution >= 4 is 39.5 Å². The van der Waals surface area contributed by atoms with Gasteiger partial charge in [0.05, 0.1) is 46.7 Å². The average molecular weight is 679 g/mol. The van der Waals surface area contributed by atoms with Crippen LogP contribution in [0.1, 0.15) is 34.1 Å². The minimum absolute atomic E-state index is 0.0190. The molecule has 49 heavy (non-hydrogen) atoms. The van der Waals surface area contributed by atoms with Gasteiger partial charge < -0.3 is 24.7 Å². The number of pyridine rings is 1. The predicted molar refractivity (Wildman–Crippen MR) is 174 cm³/mol. The number of fused-ring (bicyclic) bond motifs is 4. The zero-order chi connectivity index (χ0) is 34.8. The monoisotopic (exact) mass is 678 g/mol. The lowest BCUT2D eigenvalue weighted by Gasteiger charge is -2.38. The number of hydrogen-bond acceptors (Lipinski definition) is 6. The second-order valence-electron chi connectivity index (χ2n) is 12.7. The molecular formula is C35H31F5N6O3. The number of rotatable bonds is 7. The van der Waals surface area contributed by atoms with Crippen molar-refractivity contribution in [3.63, 3.8) is 0 Å². The fraction of sp³-hybridized carbons (Fsp3) is 0.286. The third kappa shape index (κ3) is 5.74. The molecule has 2 N–H and O–H groups in total. The Morgan fingerprint density at radius 1 is 1.10 bits per heavy atom. The van der Waals surface area contributed by atoms with E-state index in [4.69, 9.17) is 4.74 Å². The first kappa shape index (κ1) is 32.5. The molecule has 0 aliphatic carbocycles. The second-order valence-corrected chi connectivity index (χ2v) is 12.7. The molecule has 7 rings (SSSR count). The molecule has 0 radical (unpaired) electrons. The van der Waals surface area contributed by atoms with Crippen LogP contribution in [0.25, 0.3) is 27.5 Å². The van der Waals surface area contributed by atoms with Gasteiger partial charge in [-0.2, -0.15) is 18.3 Å². The van der Waals surface area contributed by atoms with E-state index in [0.717, 1.165) is 24.3 Å². The molecule has 254 valence electrons. The summed E-state index contributed by atoms with van der Waals surface area (Å²) >= 11 is 0. The first-order chi connectivity index (χ1) is 23.2. The van der Waals surface area contributed by atoms with Gasteiger partial charge in [-0.25, -0.2) is 8.78 Å². The zero-order valence-corrected chi connectivity index (χ0v) is 26.7. The molecule has 0 atom stereocenters. The molecule has 1 amide bonds. The Balaban J connectivity index is 1.25. The quantitative estimate of drug-likeness (QED) is 0.127. The van der Waals surface area contributed by atoms with E-state index in [1.54, 1.807) is 37.3 Å². The molecule has 2 aliphatic rings. The van der Waals surface area contributed by atoms with Gasteiger partial charge in [-0.3, -0.25) is 14.3 Å².